The summed E-state index contributed by atoms with van der Waals surface area (Å²) in [6.45, 7) is -0.520. The number of alkyl halides is 3. The lowest BCUT2D eigenvalue weighted by atomic mass is 10.0. The molecule has 0 spiro atoms. The van der Waals surface area contributed by atoms with Crippen LogP contribution in [0.2, 0.25) is 0 Å². The van der Waals surface area contributed by atoms with Gasteiger partial charge in [-0.05, 0) is 17.7 Å². The minimum absolute atomic E-state index is 0. The van der Waals surface area contributed by atoms with Crippen molar-refractivity contribution >= 4 is 18.3 Å². The number of nitrogens with zero attached hydrogens (tertiary/aromatic N) is 1. The highest BCUT2D eigenvalue weighted by molar-refractivity contribution is 5.94. The maximum Gasteiger partial charge on any atom is 0.419 e. The highest BCUT2D eigenvalue weighted by Crippen LogP contribution is 2.37. The van der Waals surface area contributed by atoms with E-state index < -0.39 is 30.7 Å². The molecule has 1 atom stereocenters. The van der Waals surface area contributed by atoms with E-state index in [0.717, 1.165) is 10.5 Å². The number of rotatable bonds is 2. The lowest BCUT2D eigenvalue weighted by Gasteiger charge is -2.25. The van der Waals surface area contributed by atoms with E-state index in [-0.39, 0.29) is 24.5 Å². The van der Waals surface area contributed by atoms with Crippen molar-refractivity contribution in [3.8, 4) is 0 Å². The molecule has 2 rings (SSSR count). The summed E-state index contributed by atoms with van der Waals surface area (Å²) >= 11 is 0. The van der Waals surface area contributed by atoms with Crippen LogP contribution in [0.15, 0.2) is 24.3 Å². The number of hydrogen-bond donors (Lipinski definition) is 2. The summed E-state index contributed by atoms with van der Waals surface area (Å²) in [6, 6.07) is 6.35. The zero-order chi connectivity index (χ0) is 15.0. The van der Waals surface area contributed by atoms with Crippen LogP contribution in [0.4, 0.5) is 13.2 Å². The molecule has 118 valence electrons. The van der Waals surface area contributed by atoms with Crippen LogP contribution in [-0.2, 0) is 6.54 Å². The molecule has 1 heterocycles. The predicted octanol–water partition coefficient (Wildman–Crippen LogP) is 1.71. The second-order valence-electron chi connectivity index (χ2n) is 4.91. The van der Waals surface area contributed by atoms with Crippen molar-refractivity contribution in [2.45, 2.75) is 24.7 Å². The molecule has 0 aliphatic carbocycles. The Labute approximate surface area is 126 Å². The number of β-amino-alcohol motifs (C(OH)–C–C–N with tert-alkyl or cyclic N) is 1. The van der Waals surface area contributed by atoms with Gasteiger partial charge < -0.3 is 15.7 Å². The molecule has 1 aliphatic rings. The van der Waals surface area contributed by atoms with Crippen molar-refractivity contribution in [3.05, 3.63) is 35.4 Å². The molecule has 0 aromatic heterocycles. The summed E-state index contributed by atoms with van der Waals surface area (Å²) < 4.78 is 38.0. The van der Waals surface area contributed by atoms with Gasteiger partial charge in [-0.2, -0.15) is 13.2 Å². The molecule has 4 nitrogen and oxygen atoms in total. The Morgan fingerprint density at radius 3 is 2.33 bits per heavy atom. The zero-order valence-corrected chi connectivity index (χ0v) is 11.9. The van der Waals surface area contributed by atoms with Crippen molar-refractivity contribution in [1.29, 1.82) is 0 Å². The molecule has 3 N–H and O–H groups in total. The average Bonchev–Trinajstić information content (AvgIpc) is 2.82. The van der Waals surface area contributed by atoms with Crippen LogP contribution in [0.25, 0.3) is 0 Å². The molecule has 8 heteroatoms. The van der Waals surface area contributed by atoms with Gasteiger partial charge in [0, 0.05) is 25.1 Å². The van der Waals surface area contributed by atoms with Gasteiger partial charge in [0.05, 0.1) is 6.54 Å². The second-order valence-corrected chi connectivity index (χ2v) is 4.91. The van der Waals surface area contributed by atoms with E-state index in [2.05, 4.69) is 0 Å². The molecule has 0 saturated carbocycles. The maximum atomic E-state index is 12.7. The quantitative estimate of drug-likeness (QED) is 0.870. The average molecular weight is 325 g/mol. The molecule has 1 aromatic carbocycles. The Kier molecular flexibility index (Phi) is 5.25. The fourth-order valence-electron chi connectivity index (χ4n) is 2.16. The van der Waals surface area contributed by atoms with E-state index in [1.54, 1.807) is 12.1 Å². The number of halogens is 4. The lowest BCUT2D eigenvalue weighted by molar-refractivity contribution is -0.253. The number of amides is 1. The van der Waals surface area contributed by atoms with Gasteiger partial charge in [0.2, 0.25) is 0 Å². The van der Waals surface area contributed by atoms with E-state index in [9.17, 15) is 23.1 Å². The molecule has 1 amide bonds. The summed E-state index contributed by atoms with van der Waals surface area (Å²) in [6.07, 6.45) is -5.23. The first-order valence-electron chi connectivity index (χ1n) is 6.14. The predicted molar refractivity (Wildman–Crippen MR) is 73.1 cm³/mol. The van der Waals surface area contributed by atoms with Gasteiger partial charge in [0.15, 0.2) is 5.60 Å². The van der Waals surface area contributed by atoms with Gasteiger partial charge in [-0.15, -0.1) is 12.4 Å². The molecule has 1 unspecified atom stereocenters. The smallest absolute Gasteiger partial charge is 0.379 e. The molecule has 1 saturated heterocycles. The van der Waals surface area contributed by atoms with Gasteiger partial charge >= 0.3 is 6.18 Å². The van der Waals surface area contributed by atoms with Crippen LogP contribution in [-0.4, -0.2) is 40.8 Å². The number of carbonyl (C=O) groups is 1. The molecule has 1 aliphatic heterocycles. The lowest BCUT2D eigenvalue weighted by Crippen LogP contribution is -2.48. The van der Waals surface area contributed by atoms with Gasteiger partial charge in [-0.25, -0.2) is 0 Å². The van der Waals surface area contributed by atoms with Crippen LogP contribution in [0.1, 0.15) is 22.3 Å². The molecule has 0 bridgehead atoms. The fourth-order valence-corrected chi connectivity index (χ4v) is 2.16. The number of hydrogen-bond acceptors (Lipinski definition) is 3. The number of likely N-dealkylation sites (tertiary alicyclic amines) is 1. The Balaban J connectivity index is 0.00000220. The molecule has 0 radical (unpaired) electrons. The summed E-state index contributed by atoms with van der Waals surface area (Å²) in [5.41, 5.74) is 3.74. The minimum atomic E-state index is -4.73. The summed E-state index contributed by atoms with van der Waals surface area (Å²) in [5.74, 6) is -0.520. The highest BCUT2D eigenvalue weighted by atomic mass is 35.5. The maximum absolute atomic E-state index is 12.7. The van der Waals surface area contributed by atoms with Gasteiger partial charge in [0.25, 0.3) is 5.91 Å². The molecule has 21 heavy (non-hydrogen) atoms. The third kappa shape index (κ3) is 3.48. The summed E-state index contributed by atoms with van der Waals surface area (Å²) in [5, 5.41) is 9.54. The third-order valence-electron chi connectivity index (χ3n) is 3.50. The zero-order valence-electron chi connectivity index (χ0n) is 11.1. The number of nitrogens with two attached hydrogens (primary N) is 1. The van der Waals surface area contributed by atoms with E-state index in [1.807, 2.05) is 0 Å². The normalized spacial score (nSPS) is 22.0. The first-order valence-corrected chi connectivity index (χ1v) is 6.14. The first kappa shape index (κ1) is 17.7. The van der Waals surface area contributed by atoms with Crippen LogP contribution in [0.5, 0.6) is 0 Å². The Bertz CT molecular complexity index is 507. The summed E-state index contributed by atoms with van der Waals surface area (Å²) in [7, 11) is 0. The van der Waals surface area contributed by atoms with E-state index in [0.29, 0.717) is 6.54 Å². The largest absolute Gasteiger partial charge is 0.419 e. The first-order chi connectivity index (χ1) is 9.27. The van der Waals surface area contributed by atoms with Crippen LogP contribution in [0.3, 0.4) is 0 Å². The highest BCUT2D eigenvalue weighted by Gasteiger charge is 2.57. The van der Waals surface area contributed by atoms with Crippen LogP contribution in [0, 0.1) is 0 Å². The molecule has 1 aromatic rings. The van der Waals surface area contributed by atoms with Crippen LogP contribution < -0.4 is 5.73 Å². The van der Waals surface area contributed by atoms with Gasteiger partial charge in [0.1, 0.15) is 0 Å². The monoisotopic (exact) mass is 324 g/mol. The minimum Gasteiger partial charge on any atom is -0.379 e. The molecular weight excluding hydrogens is 309 g/mol. The van der Waals surface area contributed by atoms with Crippen molar-refractivity contribution < 1.29 is 23.1 Å². The summed E-state index contributed by atoms with van der Waals surface area (Å²) in [4.78, 5) is 13.1. The van der Waals surface area contributed by atoms with E-state index in [4.69, 9.17) is 5.73 Å². The Hall–Kier alpha value is -1.31. The van der Waals surface area contributed by atoms with E-state index in [1.165, 1.54) is 12.1 Å². The van der Waals surface area contributed by atoms with Crippen molar-refractivity contribution in [3.63, 3.8) is 0 Å². The standard InChI is InChI=1S/C13H15F3N2O2.ClH/c14-13(15,16)12(20)5-6-18(8-12)11(19)10-3-1-9(7-17)2-4-10;/h1-4,20H,5-8,17H2;1H. The second kappa shape index (κ2) is 6.21. The van der Waals surface area contributed by atoms with Crippen molar-refractivity contribution in [2.75, 3.05) is 13.1 Å². The number of carbonyl (C=O) groups excluding carboxylic acids is 1. The number of benzene rings is 1. The molecule has 1 fully saturated rings. The topological polar surface area (TPSA) is 66.6 Å². The van der Waals surface area contributed by atoms with E-state index >= 15 is 0 Å². The fraction of sp³-hybridized carbons (Fsp3) is 0.462. The Morgan fingerprint density at radius 1 is 1.33 bits per heavy atom. The third-order valence-corrected chi connectivity index (χ3v) is 3.50. The van der Waals surface area contributed by atoms with Crippen LogP contribution >= 0.6 is 12.4 Å². The Morgan fingerprint density at radius 2 is 1.90 bits per heavy atom. The van der Waals surface area contributed by atoms with Crippen molar-refractivity contribution in [2.24, 2.45) is 5.73 Å². The number of aliphatic hydroxyl groups is 1. The molecular formula is C13H16ClF3N2O2. The van der Waals surface area contributed by atoms with Gasteiger partial charge in [-0.1, -0.05) is 12.1 Å². The van der Waals surface area contributed by atoms with Crippen molar-refractivity contribution in [1.82, 2.24) is 4.90 Å². The SMILES string of the molecule is Cl.NCc1ccc(C(=O)N2CCC(O)(C(F)(F)F)C2)cc1. The van der Waals surface area contributed by atoms with Gasteiger partial charge in [-0.3, -0.25) is 4.79 Å².